The summed E-state index contributed by atoms with van der Waals surface area (Å²) in [6.45, 7) is 4.18. The number of nitrogens with two attached hydrogens (primary N) is 1. The smallest absolute Gasteiger partial charge is 0.240 e. The highest BCUT2D eigenvalue weighted by molar-refractivity contribution is 7.89. The van der Waals surface area contributed by atoms with E-state index in [4.69, 9.17) is 18.0 Å². The molecule has 0 bridgehead atoms. The van der Waals surface area contributed by atoms with Gasteiger partial charge in [0.05, 0.1) is 4.90 Å². The monoisotopic (exact) mass is 327 g/mol. The third-order valence-corrected chi connectivity index (χ3v) is 5.62. The maximum Gasteiger partial charge on any atom is 0.240 e. The molecular formula is C14H21N3O2S2. The highest BCUT2D eigenvalue weighted by atomic mass is 32.2. The van der Waals surface area contributed by atoms with E-state index in [0.717, 1.165) is 19.5 Å². The van der Waals surface area contributed by atoms with Crippen LogP contribution >= 0.6 is 12.2 Å². The first-order valence-electron chi connectivity index (χ1n) is 6.88. The minimum atomic E-state index is -3.49. The fourth-order valence-electron chi connectivity index (χ4n) is 2.60. The van der Waals surface area contributed by atoms with Gasteiger partial charge in [-0.1, -0.05) is 18.3 Å². The molecule has 1 aliphatic heterocycles. The molecule has 2 rings (SSSR count). The van der Waals surface area contributed by atoms with Crippen LogP contribution < -0.4 is 10.5 Å². The van der Waals surface area contributed by atoms with Crippen LogP contribution in [0.2, 0.25) is 0 Å². The van der Waals surface area contributed by atoms with Gasteiger partial charge in [0.15, 0.2) is 0 Å². The second-order valence-electron chi connectivity index (χ2n) is 5.61. The van der Waals surface area contributed by atoms with Crippen molar-refractivity contribution in [2.45, 2.75) is 18.2 Å². The normalized spacial score (nSPS) is 19.8. The number of sulfonamides is 1. The minimum absolute atomic E-state index is 0.268. The van der Waals surface area contributed by atoms with E-state index < -0.39 is 10.0 Å². The molecule has 0 aromatic heterocycles. The maximum absolute atomic E-state index is 12.4. The minimum Gasteiger partial charge on any atom is -0.389 e. The summed E-state index contributed by atoms with van der Waals surface area (Å²) in [6.07, 6.45) is 1.03. The van der Waals surface area contributed by atoms with Crippen LogP contribution in [-0.2, 0) is 10.0 Å². The molecule has 21 heavy (non-hydrogen) atoms. The molecule has 1 saturated heterocycles. The van der Waals surface area contributed by atoms with Crippen molar-refractivity contribution in [1.82, 2.24) is 9.62 Å². The molecule has 7 heteroatoms. The molecule has 116 valence electrons. The number of hydrogen-bond donors (Lipinski definition) is 2. The number of thiocarbonyl (C=S) groups is 1. The quantitative estimate of drug-likeness (QED) is 0.785. The van der Waals surface area contributed by atoms with Crippen LogP contribution in [0.4, 0.5) is 0 Å². The molecule has 1 aromatic rings. The Bertz CT molecular complexity index is 644. The first-order chi connectivity index (χ1) is 9.79. The van der Waals surface area contributed by atoms with E-state index in [1.807, 2.05) is 7.05 Å². The highest BCUT2D eigenvalue weighted by Crippen LogP contribution is 2.18. The number of rotatable bonds is 5. The van der Waals surface area contributed by atoms with Crippen molar-refractivity contribution < 1.29 is 8.42 Å². The summed E-state index contributed by atoms with van der Waals surface area (Å²) in [5, 5.41) is 0. The number of hydrogen-bond acceptors (Lipinski definition) is 4. The molecular weight excluding hydrogens is 306 g/mol. The van der Waals surface area contributed by atoms with Gasteiger partial charge in [-0.25, -0.2) is 13.1 Å². The van der Waals surface area contributed by atoms with Gasteiger partial charge in [0, 0.05) is 18.7 Å². The van der Waals surface area contributed by atoms with Gasteiger partial charge in [-0.05, 0) is 50.6 Å². The van der Waals surface area contributed by atoms with Crippen LogP contribution in [0, 0.1) is 12.8 Å². The zero-order valence-corrected chi connectivity index (χ0v) is 13.9. The third-order valence-electron chi connectivity index (χ3n) is 3.80. The molecule has 0 saturated carbocycles. The SMILES string of the molecule is Cc1cc(C(N)=S)ccc1S(=O)(=O)NCC1CCN(C)C1. The number of nitrogens with zero attached hydrogens (tertiary/aromatic N) is 1. The lowest BCUT2D eigenvalue weighted by Crippen LogP contribution is -2.31. The Labute approximate surface area is 131 Å². The fourth-order valence-corrected chi connectivity index (χ4v) is 4.07. The van der Waals surface area contributed by atoms with Gasteiger partial charge in [-0.3, -0.25) is 0 Å². The largest absolute Gasteiger partial charge is 0.389 e. The molecule has 0 radical (unpaired) electrons. The molecule has 1 atom stereocenters. The van der Waals surface area contributed by atoms with E-state index in [9.17, 15) is 8.42 Å². The van der Waals surface area contributed by atoms with Gasteiger partial charge in [-0.15, -0.1) is 0 Å². The number of nitrogens with one attached hydrogen (secondary N) is 1. The van der Waals surface area contributed by atoms with Crippen molar-refractivity contribution in [1.29, 1.82) is 0 Å². The Morgan fingerprint density at radius 1 is 1.52 bits per heavy atom. The lowest BCUT2D eigenvalue weighted by molar-refractivity contribution is 0.394. The summed E-state index contributed by atoms with van der Waals surface area (Å²) in [4.78, 5) is 2.76. The van der Waals surface area contributed by atoms with E-state index in [-0.39, 0.29) is 9.88 Å². The van der Waals surface area contributed by atoms with Crippen LogP contribution in [0.5, 0.6) is 0 Å². The van der Waals surface area contributed by atoms with Crippen molar-refractivity contribution >= 4 is 27.2 Å². The molecule has 1 unspecified atom stereocenters. The predicted octanol–water partition coefficient (Wildman–Crippen LogP) is 0.859. The van der Waals surface area contributed by atoms with Crippen LogP contribution in [0.3, 0.4) is 0 Å². The molecule has 0 spiro atoms. The van der Waals surface area contributed by atoms with Gasteiger partial charge >= 0.3 is 0 Å². The summed E-state index contributed by atoms with van der Waals surface area (Å²) in [5.74, 6) is 0.376. The van der Waals surface area contributed by atoms with Crippen LogP contribution in [0.15, 0.2) is 23.1 Å². The topological polar surface area (TPSA) is 75.4 Å². The highest BCUT2D eigenvalue weighted by Gasteiger charge is 2.23. The number of benzene rings is 1. The molecule has 0 aliphatic carbocycles. The lowest BCUT2D eigenvalue weighted by Gasteiger charge is -2.14. The van der Waals surface area contributed by atoms with E-state index in [1.165, 1.54) is 0 Å². The standard InChI is InChI=1S/C14H21N3O2S2/c1-10-7-12(14(15)20)3-4-13(10)21(18,19)16-8-11-5-6-17(2)9-11/h3-4,7,11,16H,5-6,8-9H2,1-2H3,(H2,15,20). The zero-order valence-electron chi connectivity index (χ0n) is 12.3. The average Bonchev–Trinajstić information content (AvgIpc) is 2.82. The van der Waals surface area contributed by atoms with Crippen molar-refractivity contribution in [3.8, 4) is 0 Å². The molecule has 5 nitrogen and oxygen atoms in total. The van der Waals surface area contributed by atoms with E-state index in [0.29, 0.717) is 23.6 Å². The Morgan fingerprint density at radius 2 is 2.24 bits per heavy atom. The summed E-state index contributed by atoms with van der Waals surface area (Å²) in [6, 6.07) is 4.92. The van der Waals surface area contributed by atoms with Crippen molar-refractivity contribution in [2.75, 3.05) is 26.7 Å². The Hall–Kier alpha value is -1.02. The van der Waals surface area contributed by atoms with E-state index >= 15 is 0 Å². The molecule has 1 fully saturated rings. The van der Waals surface area contributed by atoms with Crippen LogP contribution in [-0.4, -0.2) is 45.0 Å². The molecule has 3 N–H and O–H groups in total. The maximum atomic E-state index is 12.4. The van der Waals surface area contributed by atoms with Crippen molar-refractivity contribution in [3.63, 3.8) is 0 Å². The van der Waals surface area contributed by atoms with Gasteiger partial charge in [-0.2, -0.15) is 0 Å². The number of aryl methyl sites for hydroxylation is 1. The third kappa shape index (κ3) is 4.00. The number of likely N-dealkylation sites (tertiary alicyclic amines) is 1. The Morgan fingerprint density at radius 3 is 2.76 bits per heavy atom. The second-order valence-corrected chi connectivity index (χ2v) is 7.79. The average molecular weight is 327 g/mol. The van der Waals surface area contributed by atoms with Gasteiger partial charge in [0.25, 0.3) is 0 Å². The molecule has 1 heterocycles. The van der Waals surface area contributed by atoms with Crippen molar-refractivity contribution in [2.24, 2.45) is 11.7 Å². The summed E-state index contributed by atoms with van der Waals surface area (Å²) >= 11 is 4.90. The van der Waals surface area contributed by atoms with E-state index in [1.54, 1.807) is 25.1 Å². The second kappa shape index (κ2) is 6.39. The molecule has 1 aliphatic rings. The summed E-state index contributed by atoms with van der Waals surface area (Å²) in [7, 11) is -1.44. The van der Waals surface area contributed by atoms with Gasteiger partial charge in [0.1, 0.15) is 4.99 Å². The molecule has 1 aromatic carbocycles. The fraction of sp³-hybridized carbons (Fsp3) is 0.500. The summed E-state index contributed by atoms with van der Waals surface area (Å²) < 4.78 is 27.5. The van der Waals surface area contributed by atoms with Gasteiger partial charge < -0.3 is 10.6 Å². The predicted molar refractivity (Wildman–Crippen MR) is 87.9 cm³/mol. The lowest BCUT2D eigenvalue weighted by atomic mass is 10.1. The molecule has 0 amide bonds. The van der Waals surface area contributed by atoms with E-state index in [2.05, 4.69) is 9.62 Å². The van der Waals surface area contributed by atoms with Crippen LogP contribution in [0.25, 0.3) is 0 Å². The first-order valence-corrected chi connectivity index (χ1v) is 8.77. The summed E-state index contributed by atoms with van der Waals surface area (Å²) in [5.41, 5.74) is 6.89. The zero-order chi connectivity index (χ0) is 15.6. The first kappa shape index (κ1) is 16.4. The Kier molecular flexibility index (Phi) is 4.98. The van der Waals surface area contributed by atoms with Gasteiger partial charge in [0.2, 0.25) is 10.0 Å². The Balaban J connectivity index is 2.10. The van der Waals surface area contributed by atoms with Crippen molar-refractivity contribution in [3.05, 3.63) is 29.3 Å². The van der Waals surface area contributed by atoms with Crippen LogP contribution in [0.1, 0.15) is 17.5 Å².